The molecule has 0 bridgehead atoms. The van der Waals surface area contributed by atoms with E-state index < -0.39 is 18.1 Å². The summed E-state index contributed by atoms with van der Waals surface area (Å²) < 4.78 is 50.4. The number of ether oxygens (including phenoxy) is 2. The van der Waals surface area contributed by atoms with Crippen LogP contribution in [0.25, 0.3) is 0 Å². The van der Waals surface area contributed by atoms with Gasteiger partial charge in [-0.25, -0.2) is 0 Å². The van der Waals surface area contributed by atoms with Crippen LogP contribution in [0.5, 0.6) is 11.5 Å². The van der Waals surface area contributed by atoms with E-state index in [2.05, 4.69) is 4.98 Å². The maximum absolute atomic E-state index is 13.3. The first-order chi connectivity index (χ1) is 12.4. The Hall–Kier alpha value is -2.81. The number of methoxy groups -OCH3 is 1. The van der Waals surface area contributed by atoms with Crippen LogP contribution in [0.3, 0.4) is 0 Å². The molecular formula is C17H18F3N3O3. The molecule has 1 atom stereocenters. The molecule has 1 heterocycles. The van der Waals surface area contributed by atoms with Gasteiger partial charge in [-0.3, -0.25) is 9.78 Å². The first-order valence-electron chi connectivity index (χ1n) is 7.66. The quantitative estimate of drug-likeness (QED) is 0.783. The van der Waals surface area contributed by atoms with Gasteiger partial charge >= 0.3 is 6.18 Å². The van der Waals surface area contributed by atoms with E-state index in [1.807, 2.05) is 5.32 Å². The third-order valence-corrected chi connectivity index (χ3v) is 3.39. The maximum atomic E-state index is 13.3. The molecule has 0 saturated heterocycles. The number of rotatable bonds is 7. The van der Waals surface area contributed by atoms with Gasteiger partial charge < -0.3 is 20.5 Å². The highest BCUT2D eigenvalue weighted by molar-refractivity contribution is 5.95. The summed E-state index contributed by atoms with van der Waals surface area (Å²) in [6.45, 7) is 0.514. The minimum atomic E-state index is -4.70. The number of aromatic nitrogens is 1. The van der Waals surface area contributed by atoms with Crippen LogP contribution in [0.2, 0.25) is 0 Å². The zero-order valence-electron chi connectivity index (χ0n) is 13.9. The van der Waals surface area contributed by atoms with Gasteiger partial charge in [-0.1, -0.05) is 6.07 Å². The molecule has 6 nitrogen and oxygen atoms in total. The average Bonchev–Trinajstić information content (AvgIpc) is 2.63. The number of alkyl halides is 3. The molecular weight excluding hydrogens is 351 g/mol. The van der Waals surface area contributed by atoms with E-state index in [0.717, 1.165) is 0 Å². The highest BCUT2D eigenvalue weighted by Gasteiger charge is 2.43. The molecule has 0 aliphatic rings. The molecule has 0 aliphatic carbocycles. The number of pyridine rings is 1. The van der Waals surface area contributed by atoms with Gasteiger partial charge in [-0.05, 0) is 30.3 Å². The Labute approximate surface area is 148 Å². The molecule has 140 valence electrons. The molecule has 0 aliphatic heterocycles. The third-order valence-electron chi connectivity index (χ3n) is 3.39. The number of amides is 1. The molecule has 1 aromatic heterocycles. The third kappa shape index (κ3) is 4.85. The van der Waals surface area contributed by atoms with Crippen LogP contribution in [-0.4, -0.2) is 37.3 Å². The molecule has 1 aromatic carbocycles. The minimum Gasteiger partial charge on any atom is -0.493 e. The van der Waals surface area contributed by atoms with Crippen LogP contribution in [0, 0.1) is 0 Å². The summed E-state index contributed by atoms with van der Waals surface area (Å²) in [6, 6.07) is 5.96. The van der Waals surface area contributed by atoms with Crippen molar-refractivity contribution in [1.29, 1.82) is 0 Å². The smallest absolute Gasteiger partial charge is 0.414 e. The van der Waals surface area contributed by atoms with Crippen LogP contribution >= 0.6 is 0 Å². The van der Waals surface area contributed by atoms with E-state index in [1.54, 1.807) is 0 Å². The summed E-state index contributed by atoms with van der Waals surface area (Å²) in [6.07, 6.45) is -3.47. The van der Waals surface area contributed by atoms with Crippen LogP contribution in [-0.2, 0) is 0 Å². The molecule has 0 saturated carbocycles. The zero-order chi connectivity index (χ0) is 19.2. The van der Waals surface area contributed by atoms with E-state index >= 15 is 0 Å². The van der Waals surface area contributed by atoms with Crippen molar-refractivity contribution in [1.82, 2.24) is 10.3 Å². The van der Waals surface area contributed by atoms with Crippen molar-refractivity contribution in [2.24, 2.45) is 5.73 Å². The molecule has 1 amide bonds. The van der Waals surface area contributed by atoms with Crippen LogP contribution in [0.15, 0.2) is 42.6 Å². The molecule has 9 heteroatoms. The lowest BCUT2D eigenvalue weighted by Gasteiger charge is -2.21. The van der Waals surface area contributed by atoms with E-state index in [1.165, 1.54) is 49.7 Å². The minimum absolute atomic E-state index is 0.00729. The summed E-state index contributed by atoms with van der Waals surface area (Å²) >= 11 is 0. The topological polar surface area (TPSA) is 86.5 Å². The lowest BCUT2D eigenvalue weighted by atomic mass is 10.1. The molecule has 2 aromatic rings. The number of halogens is 3. The van der Waals surface area contributed by atoms with Crippen molar-refractivity contribution in [3.63, 3.8) is 0 Å². The Morgan fingerprint density at radius 3 is 2.62 bits per heavy atom. The molecule has 0 spiro atoms. The summed E-state index contributed by atoms with van der Waals surface area (Å²) in [5.74, 6) is -0.360. The van der Waals surface area contributed by atoms with Crippen molar-refractivity contribution in [3.05, 3.63) is 53.9 Å². The van der Waals surface area contributed by atoms with Crippen LogP contribution in [0.1, 0.15) is 22.1 Å². The van der Waals surface area contributed by atoms with Gasteiger partial charge in [0.05, 0.1) is 12.8 Å². The second-order valence-corrected chi connectivity index (χ2v) is 5.21. The number of hydrogen-bond donors (Lipinski definition) is 2. The SMILES string of the molecule is COc1cc(C(=O)NC(c2ccccn2)C(F)(F)F)ccc1OCCN. The second kappa shape index (κ2) is 8.52. The van der Waals surface area contributed by atoms with E-state index in [9.17, 15) is 18.0 Å². The summed E-state index contributed by atoms with van der Waals surface area (Å²) in [5, 5.41) is 1.96. The van der Waals surface area contributed by atoms with Gasteiger partial charge in [-0.2, -0.15) is 13.2 Å². The lowest BCUT2D eigenvalue weighted by molar-refractivity contribution is -0.156. The van der Waals surface area contributed by atoms with Crippen molar-refractivity contribution in [2.75, 3.05) is 20.3 Å². The number of benzene rings is 1. The second-order valence-electron chi connectivity index (χ2n) is 5.21. The van der Waals surface area contributed by atoms with Crippen molar-refractivity contribution in [3.8, 4) is 11.5 Å². The number of nitrogens with zero attached hydrogens (tertiary/aromatic N) is 1. The first-order valence-corrected chi connectivity index (χ1v) is 7.66. The fourth-order valence-corrected chi connectivity index (χ4v) is 2.18. The molecule has 0 radical (unpaired) electrons. The Balaban J connectivity index is 2.24. The summed E-state index contributed by atoms with van der Waals surface area (Å²) in [4.78, 5) is 16.0. The number of nitrogens with two attached hydrogens (primary N) is 1. The lowest BCUT2D eigenvalue weighted by Crippen LogP contribution is -2.38. The number of hydrogen-bond acceptors (Lipinski definition) is 5. The van der Waals surface area contributed by atoms with Gasteiger partial charge in [0.15, 0.2) is 17.5 Å². The molecule has 0 fully saturated rings. The molecule has 1 unspecified atom stereocenters. The predicted octanol–water partition coefficient (Wildman–Crippen LogP) is 2.46. The Bertz CT molecular complexity index is 739. The van der Waals surface area contributed by atoms with Gasteiger partial charge in [-0.15, -0.1) is 0 Å². The average molecular weight is 369 g/mol. The zero-order valence-corrected chi connectivity index (χ0v) is 13.9. The highest BCUT2D eigenvalue weighted by atomic mass is 19.4. The first kappa shape index (κ1) is 19.5. The predicted molar refractivity (Wildman–Crippen MR) is 88.0 cm³/mol. The number of nitrogens with one attached hydrogen (secondary N) is 1. The molecule has 2 rings (SSSR count). The van der Waals surface area contributed by atoms with E-state index in [-0.39, 0.29) is 30.2 Å². The standard InChI is InChI=1S/C17H18F3N3O3/c1-25-14-10-11(5-6-13(14)26-9-7-21)16(24)23-15(17(18,19)20)12-4-2-3-8-22-12/h2-6,8,10,15H,7,9,21H2,1H3,(H,23,24). The largest absolute Gasteiger partial charge is 0.493 e. The summed E-state index contributed by atoms with van der Waals surface area (Å²) in [7, 11) is 1.36. The highest BCUT2D eigenvalue weighted by Crippen LogP contribution is 2.33. The number of carbonyl (C=O) groups excluding carboxylic acids is 1. The van der Waals surface area contributed by atoms with Gasteiger partial charge in [0.25, 0.3) is 5.91 Å². The van der Waals surface area contributed by atoms with E-state index in [4.69, 9.17) is 15.2 Å². The maximum Gasteiger partial charge on any atom is 0.414 e. The van der Waals surface area contributed by atoms with Crippen LogP contribution < -0.4 is 20.5 Å². The molecule has 26 heavy (non-hydrogen) atoms. The Kier molecular flexibility index (Phi) is 6.40. The molecule has 3 N–H and O–H groups in total. The Morgan fingerprint density at radius 2 is 2.04 bits per heavy atom. The number of carbonyl (C=O) groups is 1. The van der Waals surface area contributed by atoms with Gasteiger partial charge in [0.2, 0.25) is 0 Å². The fraction of sp³-hybridized carbons (Fsp3) is 0.294. The van der Waals surface area contributed by atoms with Gasteiger partial charge in [0.1, 0.15) is 6.61 Å². The van der Waals surface area contributed by atoms with Crippen molar-refractivity contribution < 1.29 is 27.4 Å². The van der Waals surface area contributed by atoms with Crippen molar-refractivity contribution >= 4 is 5.91 Å². The van der Waals surface area contributed by atoms with Crippen molar-refractivity contribution in [2.45, 2.75) is 12.2 Å². The van der Waals surface area contributed by atoms with Gasteiger partial charge in [0, 0.05) is 18.3 Å². The summed E-state index contributed by atoms with van der Waals surface area (Å²) in [5.41, 5.74) is 5.04. The van der Waals surface area contributed by atoms with E-state index in [0.29, 0.717) is 5.75 Å². The Morgan fingerprint density at radius 1 is 1.27 bits per heavy atom. The van der Waals surface area contributed by atoms with Crippen LogP contribution in [0.4, 0.5) is 13.2 Å². The fourth-order valence-electron chi connectivity index (χ4n) is 2.18. The normalized spacial score (nSPS) is 12.3. The monoisotopic (exact) mass is 369 g/mol.